The maximum atomic E-state index is 8.55. The van der Waals surface area contributed by atoms with Crippen LogP contribution < -0.4 is 29.4 Å². The van der Waals surface area contributed by atoms with Crippen molar-refractivity contribution in [1.29, 1.82) is 0 Å². The van der Waals surface area contributed by atoms with Crippen molar-refractivity contribution < 1.29 is 33.9 Å². The van der Waals surface area contributed by atoms with Crippen molar-refractivity contribution in [3.05, 3.63) is 0 Å². The van der Waals surface area contributed by atoms with E-state index in [0.29, 0.717) is 0 Å². The molecule has 0 radical (unpaired) electrons. The summed E-state index contributed by atoms with van der Waals surface area (Å²) in [6.07, 6.45) is 0. The Bertz CT molecular complexity index is 85.6. The SMILES string of the molecule is O=P([O-])([O-])[O-].[Al+3].[Al+3].[O-]P([O-])[O-]. The second-order valence-electron chi connectivity index (χ2n) is 0.671. The van der Waals surface area contributed by atoms with Crippen LogP contribution in [0.15, 0.2) is 0 Å². The first-order valence-electron chi connectivity index (χ1n) is 1.28. The molecule has 0 aromatic rings. The first-order valence-corrected chi connectivity index (χ1v) is 3.83. The Kier molecular flexibility index (Phi) is 23.9. The monoisotopic (exact) mass is 228 g/mol. The minimum absolute atomic E-state index is 0. The van der Waals surface area contributed by atoms with Gasteiger partial charge in [-0.05, 0) is 0 Å². The minimum atomic E-state index is -5.39. The molecule has 0 spiro atoms. The summed E-state index contributed by atoms with van der Waals surface area (Å²) in [4.78, 5) is 51.1. The Hall–Kier alpha value is 1.48. The first-order chi connectivity index (χ1) is 3.73. The van der Waals surface area contributed by atoms with Gasteiger partial charge in [-0.3, -0.25) is 0 Å². The van der Waals surface area contributed by atoms with Crippen LogP contribution in [-0.2, 0) is 4.57 Å². The van der Waals surface area contributed by atoms with Crippen molar-refractivity contribution in [1.82, 2.24) is 0 Å². The molecule has 0 aromatic carbocycles. The third-order valence-corrected chi connectivity index (χ3v) is 0. The Balaban J connectivity index is -0.0000000383. The smallest absolute Gasteiger partial charge is 0.854 e. The van der Waals surface area contributed by atoms with Crippen LogP contribution in [0.5, 0.6) is 0 Å². The van der Waals surface area contributed by atoms with Gasteiger partial charge in [0.05, 0.1) is 0 Å². The summed E-state index contributed by atoms with van der Waals surface area (Å²) in [6, 6.07) is 0. The van der Waals surface area contributed by atoms with Gasteiger partial charge in [-0.15, -0.1) is 0 Å². The molecule has 0 aromatic heterocycles. The summed E-state index contributed by atoms with van der Waals surface area (Å²) in [7, 11) is -8.76. The molecule has 0 unspecified atom stereocenters. The van der Waals surface area contributed by atoms with Crippen molar-refractivity contribution in [2.45, 2.75) is 0 Å². The van der Waals surface area contributed by atoms with E-state index in [4.69, 9.17) is 33.9 Å². The number of hydrogen-bond donors (Lipinski definition) is 0. The fraction of sp³-hybridized carbons (Fsp3) is 0. The van der Waals surface area contributed by atoms with Gasteiger partial charge >= 0.3 is 34.7 Å². The molecule has 7 nitrogen and oxygen atoms in total. The standard InChI is InChI=1S/2Al.H3O4P.O3P/c;;1-5(2,3)4;1-4(2)3/h;;(H3,1,2,3,4);/q2*+3;;-3/p-3. The van der Waals surface area contributed by atoms with E-state index in [1.54, 1.807) is 0 Å². The topological polar surface area (TPSA) is 155 Å². The largest absolute Gasteiger partial charge is 3.00 e. The first kappa shape index (κ1) is 22.9. The molecule has 11 heteroatoms. The van der Waals surface area contributed by atoms with Crippen molar-refractivity contribution >= 4 is 51.1 Å². The molecule has 0 aliphatic heterocycles. The molecule has 0 saturated heterocycles. The number of hydrogen-bond acceptors (Lipinski definition) is 7. The predicted octanol–water partition coefficient (Wildman–Crippen LogP) is -6.29. The van der Waals surface area contributed by atoms with Crippen LogP contribution in [0.25, 0.3) is 0 Å². The third kappa shape index (κ3) is 469. The van der Waals surface area contributed by atoms with Crippen molar-refractivity contribution in [3.8, 4) is 0 Å². The Morgan fingerprint density at radius 1 is 0.909 bits per heavy atom. The van der Waals surface area contributed by atoms with Gasteiger partial charge in [0.2, 0.25) is 0 Å². The molecule has 0 fully saturated rings. The van der Waals surface area contributed by atoms with Crippen molar-refractivity contribution in [3.63, 3.8) is 0 Å². The van der Waals surface area contributed by atoms with Gasteiger partial charge in [0.1, 0.15) is 0 Å². The summed E-state index contributed by atoms with van der Waals surface area (Å²) in [5.41, 5.74) is 0. The maximum Gasteiger partial charge on any atom is 3.00 e. The van der Waals surface area contributed by atoms with Crippen LogP contribution in [0.1, 0.15) is 0 Å². The van der Waals surface area contributed by atoms with E-state index in [9.17, 15) is 0 Å². The third-order valence-electron chi connectivity index (χ3n) is 0. The normalized spacial score (nSPS) is 8.64. The van der Waals surface area contributed by atoms with Crippen LogP contribution in [0, 0.1) is 0 Å². The molecule has 0 N–H and O–H groups in total. The van der Waals surface area contributed by atoms with Gasteiger partial charge in [0.15, 0.2) is 0 Å². The summed E-state index contributed by atoms with van der Waals surface area (Å²) in [5.74, 6) is 0. The van der Waals surface area contributed by atoms with E-state index >= 15 is 0 Å². The second kappa shape index (κ2) is 11.5. The van der Waals surface area contributed by atoms with Crippen LogP contribution in [0.2, 0.25) is 0 Å². The minimum Gasteiger partial charge on any atom is -0.854 e. The van der Waals surface area contributed by atoms with Gasteiger partial charge in [-0.2, -0.15) is 7.82 Å². The van der Waals surface area contributed by atoms with E-state index in [1.165, 1.54) is 0 Å². The van der Waals surface area contributed by atoms with E-state index < -0.39 is 16.4 Å². The van der Waals surface area contributed by atoms with Gasteiger partial charge in [0.25, 0.3) is 0 Å². The fourth-order valence-electron chi connectivity index (χ4n) is 0. The van der Waals surface area contributed by atoms with Gasteiger partial charge in [-0.1, -0.05) is 0 Å². The molecule has 0 atom stereocenters. The molecule has 0 bridgehead atoms. The molecule has 0 saturated carbocycles. The molecular formula is Al2O7P2. The molecule has 0 rings (SSSR count). The average molecular weight is 228 g/mol. The Morgan fingerprint density at radius 3 is 0.909 bits per heavy atom. The van der Waals surface area contributed by atoms with E-state index in [2.05, 4.69) is 0 Å². The van der Waals surface area contributed by atoms with Crippen molar-refractivity contribution in [2.75, 3.05) is 0 Å². The van der Waals surface area contributed by atoms with Gasteiger partial charge in [0, 0.05) is 0 Å². The fourth-order valence-corrected chi connectivity index (χ4v) is 0. The molecule has 0 amide bonds. The maximum absolute atomic E-state index is 8.55. The van der Waals surface area contributed by atoms with E-state index in [0.717, 1.165) is 0 Å². The zero-order valence-corrected chi connectivity index (χ0v) is 9.01. The number of rotatable bonds is 0. The van der Waals surface area contributed by atoms with Crippen LogP contribution in [0.4, 0.5) is 0 Å². The van der Waals surface area contributed by atoms with E-state index in [1.807, 2.05) is 0 Å². The zero-order chi connectivity index (χ0) is 8.08. The van der Waals surface area contributed by atoms with E-state index in [-0.39, 0.29) is 34.7 Å². The summed E-state index contributed by atoms with van der Waals surface area (Å²) >= 11 is 0. The molecule has 11 heavy (non-hydrogen) atoms. The number of phosphoric acid groups is 1. The molecule has 0 heterocycles. The average Bonchev–Trinajstić information content (AvgIpc) is 1.19. The summed E-state index contributed by atoms with van der Waals surface area (Å²) < 4.78 is 8.55. The Labute approximate surface area is 85.2 Å². The van der Waals surface area contributed by atoms with Crippen LogP contribution in [-0.4, -0.2) is 34.7 Å². The quantitative estimate of drug-likeness (QED) is 0.294. The zero-order valence-electron chi connectivity index (χ0n) is 4.91. The molecule has 58 valence electrons. The Morgan fingerprint density at radius 2 is 0.909 bits per heavy atom. The summed E-state index contributed by atoms with van der Waals surface area (Å²) in [6.45, 7) is 0. The predicted molar refractivity (Wildman–Crippen MR) is 26.0 cm³/mol. The van der Waals surface area contributed by atoms with Gasteiger partial charge in [-0.25, -0.2) is 0 Å². The molecule has 0 aliphatic rings. The van der Waals surface area contributed by atoms with Gasteiger partial charge < -0.3 is 42.5 Å². The summed E-state index contributed by atoms with van der Waals surface area (Å²) in [5, 5.41) is 0. The molecular weight excluding hydrogens is 228 g/mol. The van der Waals surface area contributed by atoms with Crippen LogP contribution >= 0.6 is 16.4 Å². The second-order valence-corrected chi connectivity index (χ2v) is 2.01. The molecule has 0 aliphatic carbocycles. The van der Waals surface area contributed by atoms with Crippen molar-refractivity contribution in [2.24, 2.45) is 0 Å². The van der Waals surface area contributed by atoms with Crippen LogP contribution in [0.3, 0.4) is 0 Å².